The Bertz CT molecular complexity index is 1150. The first-order valence-electron chi connectivity index (χ1n) is 12.5. The molecule has 0 bridgehead atoms. The summed E-state index contributed by atoms with van der Waals surface area (Å²) in [5, 5.41) is 2.19. The Morgan fingerprint density at radius 3 is 1.51 bits per heavy atom. The average molecular weight is 563 g/mol. The maximum absolute atomic E-state index is 12.0. The molecule has 0 heterocycles. The van der Waals surface area contributed by atoms with E-state index < -0.39 is 17.2 Å². The van der Waals surface area contributed by atoms with Crippen LogP contribution in [-0.4, -0.2) is 47.4 Å². The predicted octanol–water partition coefficient (Wildman–Crippen LogP) is 5.34. The van der Waals surface area contributed by atoms with Crippen molar-refractivity contribution in [3.05, 3.63) is 69.8 Å². The van der Waals surface area contributed by atoms with Crippen molar-refractivity contribution in [1.29, 1.82) is 0 Å². The Balaban J connectivity index is 0.000000612. The van der Waals surface area contributed by atoms with Crippen LogP contribution in [0.2, 0.25) is 0 Å². The number of hydrogen-bond donors (Lipinski definition) is 2. The quantitative estimate of drug-likeness (QED) is 0.372. The van der Waals surface area contributed by atoms with E-state index >= 15 is 0 Å². The van der Waals surface area contributed by atoms with E-state index in [1.54, 1.807) is 53.7 Å². The maximum atomic E-state index is 12.0. The number of nitrogens with two attached hydrogens (primary N) is 1. The zero-order valence-electron chi connectivity index (χ0n) is 24.8. The summed E-state index contributed by atoms with van der Waals surface area (Å²) < 4.78 is 9.95. The molecule has 0 aliphatic heterocycles. The zero-order valence-corrected chi connectivity index (χ0v) is 25.5. The number of halogens is 1. The van der Waals surface area contributed by atoms with Crippen LogP contribution in [0.25, 0.3) is 0 Å². The summed E-state index contributed by atoms with van der Waals surface area (Å²) in [5.74, 6) is -1.05. The summed E-state index contributed by atoms with van der Waals surface area (Å²) in [4.78, 5) is 44.7. The van der Waals surface area contributed by atoms with Crippen LogP contribution in [0.3, 0.4) is 0 Å². The molecule has 0 unspecified atom stereocenters. The van der Waals surface area contributed by atoms with Gasteiger partial charge in [0.15, 0.2) is 0 Å². The first kappa shape index (κ1) is 35.8. The zero-order chi connectivity index (χ0) is 30.6. The number of amides is 1. The number of esters is 2. The topological polar surface area (TPSA) is 125 Å². The molecule has 0 spiro atoms. The van der Waals surface area contributed by atoms with E-state index in [2.05, 4.69) is 5.32 Å². The van der Waals surface area contributed by atoms with Gasteiger partial charge in [-0.05, 0) is 115 Å². The van der Waals surface area contributed by atoms with Crippen LogP contribution in [0.1, 0.15) is 84.5 Å². The fraction of sp³-hybridized carbons (Fsp3) is 0.467. The van der Waals surface area contributed by atoms with E-state index in [1.165, 1.54) is 0 Å². The lowest BCUT2D eigenvalue weighted by molar-refractivity contribution is -0.154. The monoisotopic (exact) mass is 562 g/mol. The fourth-order valence-electron chi connectivity index (χ4n) is 2.97. The van der Waals surface area contributed by atoms with Gasteiger partial charge in [-0.25, -0.2) is 0 Å². The van der Waals surface area contributed by atoms with Crippen LogP contribution in [0.5, 0.6) is 0 Å². The van der Waals surface area contributed by atoms with Crippen LogP contribution in [-0.2, 0) is 19.1 Å². The molecule has 0 fully saturated rings. The molecule has 0 aliphatic carbocycles. The molecule has 216 valence electrons. The summed E-state index contributed by atoms with van der Waals surface area (Å²) in [5.41, 5.74) is 9.27. The minimum atomic E-state index is -0.541. The molecule has 0 aliphatic rings. The van der Waals surface area contributed by atoms with Crippen LogP contribution >= 0.6 is 11.6 Å². The van der Waals surface area contributed by atoms with Crippen molar-refractivity contribution in [1.82, 2.24) is 5.32 Å². The molecular weight excluding hydrogens is 520 g/mol. The molecule has 2 aromatic rings. The van der Waals surface area contributed by atoms with Crippen molar-refractivity contribution in [3.8, 4) is 0 Å². The lowest BCUT2D eigenvalue weighted by atomic mass is 10.0. The molecule has 0 atom stereocenters. The molecule has 2 rings (SSSR count). The van der Waals surface area contributed by atoms with Gasteiger partial charge in [-0.15, -0.1) is 0 Å². The number of carbonyl (C=O) groups is 4. The SMILES string of the molecule is CC(C)(C)OC(=O)CN.Cc1cccc(C(=O)Cl)c1C.Cc1cccc(C(=O)NCC(=O)OC(C)(C)C)c1C. The van der Waals surface area contributed by atoms with Gasteiger partial charge in [0.25, 0.3) is 11.1 Å². The Hall–Kier alpha value is -3.23. The van der Waals surface area contributed by atoms with E-state index in [1.807, 2.05) is 52.0 Å². The van der Waals surface area contributed by atoms with Crippen LogP contribution < -0.4 is 11.1 Å². The van der Waals surface area contributed by atoms with Crippen molar-refractivity contribution in [2.24, 2.45) is 5.73 Å². The number of hydrogen-bond acceptors (Lipinski definition) is 7. The molecule has 2 aromatic carbocycles. The highest BCUT2D eigenvalue weighted by Crippen LogP contribution is 2.14. The van der Waals surface area contributed by atoms with Crippen molar-refractivity contribution >= 4 is 34.7 Å². The minimum Gasteiger partial charge on any atom is -0.459 e. The van der Waals surface area contributed by atoms with Crippen molar-refractivity contribution in [3.63, 3.8) is 0 Å². The molecular formula is C30H43ClN2O6. The standard InChI is InChI=1S/C15H21NO3.C9H9ClO.C6H13NO2/c1-10-7-6-8-12(11(10)2)14(18)16-9-13(17)19-15(3,4)5;1-6-4-3-5-8(7(6)2)9(10)11;1-6(2,3)9-5(8)4-7/h6-8H,9H2,1-5H3,(H,16,18);3-5H,1-2H3;4,7H2,1-3H3. The van der Waals surface area contributed by atoms with Crippen LogP contribution in [0.15, 0.2) is 36.4 Å². The summed E-state index contributed by atoms with van der Waals surface area (Å²) >= 11 is 5.34. The third kappa shape index (κ3) is 15.1. The van der Waals surface area contributed by atoms with Crippen LogP contribution in [0.4, 0.5) is 0 Å². The molecule has 9 heteroatoms. The number of rotatable bonds is 5. The minimum absolute atomic E-state index is 0.0444. The number of benzene rings is 2. The number of nitrogens with one attached hydrogen (secondary N) is 1. The van der Waals surface area contributed by atoms with Crippen molar-refractivity contribution in [2.75, 3.05) is 13.1 Å². The van der Waals surface area contributed by atoms with Gasteiger partial charge >= 0.3 is 11.9 Å². The van der Waals surface area contributed by atoms with E-state index in [0.717, 1.165) is 22.3 Å². The number of carbonyl (C=O) groups excluding carboxylic acids is 4. The largest absolute Gasteiger partial charge is 0.459 e. The van der Waals surface area contributed by atoms with E-state index in [4.69, 9.17) is 26.8 Å². The van der Waals surface area contributed by atoms with Gasteiger partial charge in [0, 0.05) is 11.1 Å². The molecule has 0 radical (unpaired) electrons. The summed E-state index contributed by atoms with van der Waals surface area (Å²) in [6.07, 6.45) is 0. The first-order valence-corrected chi connectivity index (χ1v) is 12.9. The third-order valence-electron chi connectivity index (χ3n) is 5.07. The molecule has 3 N–H and O–H groups in total. The maximum Gasteiger partial charge on any atom is 0.325 e. The predicted molar refractivity (Wildman–Crippen MR) is 155 cm³/mol. The van der Waals surface area contributed by atoms with Gasteiger partial charge in [0.2, 0.25) is 0 Å². The highest BCUT2D eigenvalue weighted by Gasteiger charge is 2.18. The summed E-state index contributed by atoms with van der Waals surface area (Å²) in [6.45, 7) is 18.3. The average Bonchev–Trinajstić information content (AvgIpc) is 2.79. The van der Waals surface area contributed by atoms with E-state index in [0.29, 0.717) is 11.1 Å². The second kappa shape index (κ2) is 16.0. The third-order valence-corrected chi connectivity index (χ3v) is 5.27. The van der Waals surface area contributed by atoms with Gasteiger partial charge in [-0.2, -0.15) is 0 Å². The molecule has 0 saturated carbocycles. The second-order valence-corrected chi connectivity index (χ2v) is 11.2. The summed E-state index contributed by atoms with van der Waals surface area (Å²) in [7, 11) is 0. The van der Waals surface area contributed by atoms with Gasteiger partial charge in [-0.1, -0.05) is 24.3 Å². The lowest BCUT2D eigenvalue weighted by Gasteiger charge is -2.19. The van der Waals surface area contributed by atoms with Gasteiger partial charge in [0.05, 0.1) is 6.54 Å². The van der Waals surface area contributed by atoms with E-state index in [9.17, 15) is 19.2 Å². The molecule has 39 heavy (non-hydrogen) atoms. The van der Waals surface area contributed by atoms with Crippen molar-refractivity contribution < 1.29 is 28.7 Å². The Morgan fingerprint density at radius 1 is 0.744 bits per heavy atom. The molecule has 1 amide bonds. The highest BCUT2D eigenvalue weighted by molar-refractivity contribution is 6.67. The van der Waals surface area contributed by atoms with E-state index in [-0.39, 0.29) is 30.2 Å². The summed E-state index contributed by atoms with van der Waals surface area (Å²) in [6, 6.07) is 11.0. The number of ether oxygens (including phenoxy) is 2. The normalized spacial score (nSPS) is 10.7. The highest BCUT2D eigenvalue weighted by atomic mass is 35.5. The molecule has 0 aromatic heterocycles. The lowest BCUT2D eigenvalue weighted by Crippen LogP contribution is -2.34. The number of aryl methyl sites for hydroxylation is 2. The smallest absolute Gasteiger partial charge is 0.325 e. The van der Waals surface area contributed by atoms with Gasteiger partial charge < -0.3 is 20.5 Å². The molecule has 8 nitrogen and oxygen atoms in total. The van der Waals surface area contributed by atoms with Gasteiger partial charge in [0.1, 0.15) is 17.7 Å². The Morgan fingerprint density at radius 2 is 1.15 bits per heavy atom. The Kier molecular flexibility index (Phi) is 14.7. The second-order valence-electron chi connectivity index (χ2n) is 10.8. The fourth-order valence-corrected chi connectivity index (χ4v) is 3.17. The Labute approximate surface area is 237 Å². The molecule has 0 saturated heterocycles. The van der Waals surface area contributed by atoms with Gasteiger partial charge in [-0.3, -0.25) is 19.2 Å². The first-order chi connectivity index (χ1) is 17.8. The van der Waals surface area contributed by atoms with Crippen LogP contribution in [0, 0.1) is 27.7 Å². The van der Waals surface area contributed by atoms with Crippen molar-refractivity contribution in [2.45, 2.75) is 80.4 Å².